The molecular weight excluding hydrogens is 284 g/mol. The molecule has 1 fully saturated rings. The summed E-state index contributed by atoms with van der Waals surface area (Å²) in [5.74, 6) is -1.37. The summed E-state index contributed by atoms with van der Waals surface area (Å²) in [5, 5.41) is 21.0. The summed E-state index contributed by atoms with van der Waals surface area (Å²) < 4.78 is 0. The molecule has 0 unspecified atom stereocenters. The van der Waals surface area contributed by atoms with E-state index in [2.05, 4.69) is 5.32 Å². The highest BCUT2D eigenvalue weighted by molar-refractivity contribution is 5.90. The lowest BCUT2D eigenvalue weighted by atomic mass is 9.97. The zero-order chi connectivity index (χ0) is 16.0. The Bertz CT molecular complexity index is 560. The van der Waals surface area contributed by atoms with Gasteiger partial charge < -0.3 is 5.11 Å². The van der Waals surface area contributed by atoms with Crippen molar-refractivity contribution < 1.29 is 19.9 Å². The molecule has 6 nitrogen and oxygen atoms in total. The SMILES string of the molecule is O=C(C=Cc1ccc(CNC2(C(=O)O)CCCC2)cc1)NO. The number of hydrogen-bond donors (Lipinski definition) is 4. The molecule has 2 rings (SSSR count). The minimum atomic E-state index is -0.794. The molecule has 118 valence electrons. The van der Waals surface area contributed by atoms with E-state index < -0.39 is 17.4 Å². The van der Waals surface area contributed by atoms with Crippen molar-refractivity contribution in [3.8, 4) is 0 Å². The Morgan fingerprint density at radius 1 is 1.18 bits per heavy atom. The standard InChI is InChI=1S/C16H20N2O4/c19-14(18-22)8-7-12-3-5-13(6-4-12)11-17-16(15(20)21)9-1-2-10-16/h3-8,17,22H,1-2,9-11H2,(H,18,19)(H,20,21). The highest BCUT2D eigenvalue weighted by atomic mass is 16.5. The maximum absolute atomic E-state index is 11.4. The van der Waals surface area contributed by atoms with Gasteiger partial charge in [-0.15, -0.1) is 0 Å². The molecular formula is C16H20N2O4. The Morgan fingerprint density at radius 2 is 1.82 bits per heavy atom. The third-order valence-corrected chi connectivity index (χ3v) is 4.01. The monoisotopic (exact) mass is 304 g/mol. The molecule has 6 heteroatoms. The van der Waals surface area contributed by atoms with Gasteiger partial charge in [-0.25, -0.2) is 5.48 Å². The summed E-state index contributed by atoms with van der Waals surface area (Å²) in [4.78, 5) is 22.3. The molecule has 0 heterocycles. The van der Waals surface area contributed by atoms with Crippen LogP contribution < -0.4 is 10.8 Å². The molecule has 0 spiro atoms. The average molecular weight is 304 g/mol. The number of carbonyl (C=O) groups excluding carboxylic acids is 1. The summed E-state index contributed by atoms with van der Waals surface area (Å²) in [7, 11) is 0. The number of amides is 1. The third kappa shape index (κ3) is 3.93. The van der Waals surface area contributed by atoms with Gasteiger partial charge in [-0.3, -0.25) is 20.1 Å². The predicted molar refractivity (Wildman–Crippen MR) is 81.1 cm³/mol. The first-order chi connectivity index (χ1) is 10.6. The van der Waals surface area contributed by atoms with E-state index in [9.17, 15) is 14.7 Å². The lowest BCUT2D eigenvalue weighted by Gasteiger charge is -2.25. The first-order valence-corrected chi connectivity index (χ1v) is 7.25. The molecule has 0 saturated heterocycles. The fourth-order valence-corrected chi connectivity index (χ4v) is 2.67. The number of benzene rings is 1. The Hall–Kier alpha value is -2.18. The second-order valence-electron chi connectivity index (χ2n) is 5.50. The van der Waals surface area contributed by atoms with Gasteiger partial charge in [0.05, 0.1) is 0 Å². The van der Waals surface area contributed by atoms with Crippen LogP contribution in [0.2, 0.25) is 0 Å². The van der Waals surface area contributed by atoms with Gasteiger partial charge in [0.15, 0.2) is 0 Å². The highest BCUT2D eigenvalue weighted by Gasteiger charge is 2.40. The Kier molecular flexibility index (Phi) is 5.30. The number of carboxylic acid groups (broad SMARTS) is 1. The molecule has 4 N–H and O–H groups in total. The fraction of sp³-hybridized carbons (Fsp3) is 0.375. The lowest BCUT2D eigenvalue weighted by Crippen LogP contribution is -2.49. The predicted octanol–water partition coefficient (Wildman–Crippen LogP) is 1.69. The van der Waals surface area contributed by atoms with E-state index in [1.165, 1.54) is 11.6 Å². The van der Waals surface area contributed by atoms with Crippen molar-refractivity contribution in [2.24, 2.45) is 0 Å². The summed E-state index contributed by atoms with van der Waals surface area (Å²) in [6.45, 7) is 0.493. The van der Waals surface area contributed by atoms with Gasteiger partial charge in [0.1, 0.15) is 5.54 Å². The van der Waals surface area contributed by atoms with E-state index in [0.29, 0.717) is 19.4 Å². The number of nitrogens with one attached hydrogen (secondary N) is 2. The van der Waals surface area contributed by atoms with Gasteiger partial charge >= 0.3 is 5.97 Å². The quantitative estimate of drug-likeness (QED) is 0.364. The first kappa shape index (κ1) is 16.2. The van der Waals surface area contributed by atoms with E-state index >= 15 is 0 Å². The van der Waals surface area contributed by atoms with Crippen LogP contribution in [0.4, 0.5) is 0 Å². The zero-order valence-electron chi connectivity index (χ0n) is 12.2. The van der Waals surface area contributed by atoms with Crippen molar-refractivity contribution >= 4 is 18.0 Å². The number of rotatable bonds is 6. The number of carbonyl (C=O) groups is 2. The van der Waals surface area contributed by atoms with Crippen molar-refractivity contribution in [1.29, 1.82) is 0 Å². The number of hydrogen-bond acceptors (Lipinski definition) is 4. The Labute approximate surface area is 128 Å². The van der Waals surface area contributed by atoms with Crippen LogP contribution in [0.15, 0.2) is 30.3 Å². The van der Waals surface area contributed by atoms with Gasteiger partial charge in [0, 0.05) is 12.6 Å². The molecule has 0 bridgehead atoms. The molecule has 1 aliphatic carbocycles. The van der Waals surface area contributed by atoms with E-state index in [0.717, 1.165) is 24.0 Å². The van der Waals surface area contributed by atoms with E-state index in [4.69, 9.17) is 5.21 Å². The molecule has 1 aliphatic rings. The van der Waals surface area contributed by atoms with E-state index in [-0.39, 0.29) is 0 Å². The molecule has 0 radical (unpaired) electrons. The minimum absolute atomic E-state index is 0.493. The first-order valence-electron chi connectivity index (χ1n) is 7.25. The summed E-state index contributed by atoms with van der Waals surface area (Å²) in [6, 6.07) is 7.43. The number of carboxylic acids is 1. The summed E-state index contributed by atoms with van der Waals surface area (Å²) in [6.07, 6.45) is 6.02. The Balaban J connectivity index is 1.95. The Morgan fingerprint density at radius 3 is 2.36 bits per heavy atom. The topological polar surface area (TPSA) is 98.7 Å². The fourth-order valence-electron chi connectivity index (χ4n) is 2.67. The zero-order valence-corrected chi connectivity index (χ0v) is 12.2. The van der Waals surface area contributed by atoms with E-state index in [1.807, 2.05) is 24.3 Å². The number of hydroxylamine groups is 1. The van der Waals surface area contributed by atoms with Crippen LogP contribution in [0.1, 0.15) is 36.8 Å². The maximum Gasteiger partial charge on any atom is 0.323 e. The molecule has 1 aromatic carbocycles. The number of aliphatic carboxylic acids is 1. The lowest BCUT2D eigenvalue weighted by molar-refractivity contribution is -0.144. The third-order valence-electron chi connectivity index (χ3n) is 4.01. The van der Waals surface area contributed by atoms with Crippen LogP contribution >= 0.6 is 0 Å². The molecule has 1 amide bonds. The molecule has 0 atom stereocenters. The van der Waals surface area contributed by atoms with Crippen LogP contribution in [-0.2, 0) is 16.1 Å². The molecule has 1 aromatic rings. The van der Waals surface area contributed by atoms with Crippen molar-refractivity contribution in [2.75, 3.05) is 0 Å². The van der Waals surface area contributed by atoms with Crippen LogP contribution in [0, 0.1) is 0 Å². The van der Waals surface area contributed by atoms with Crippen molar-refractivity contribution in [2.45, 2.75) is 37.8 Å². The van der Waals surface area contributed by atoms with Gasteiger partial charge in [-0.1, -0.05) is 37.1 Å². The molecule has 0 aromatic heterocycles. The van der Waals surface area contributed by atoms with Gasteiger partial charge in [-0.05, 0) is 30.0 Å². The molecule has 1 saturated carbocycles. The van der Waals surface area contributed by atoms with Crippen molar-refractivity contribution in [3.63, 3.8) is 0 Å². The molecule has 0 aliphatic heterocycles. The van der Waals surface area contributed by atoms with Crippen LogP contribution in [-0.4, -0.2) is 27.7 Å². The summed E-state index contributed by atoms with van der Waals surface area (Å²) in [5.41, 5.74) is 2.53. The van der Waals surface area contributed by atoms with E-state index in [1.54, 1.807) is 6.08 Å². The normalized spacial score (nSPS) is 16.8. The molecule has 22 heavy (non-hydrogen) atoms. The van der Waals surface area contributed by atoms with Crippen LogP contribution in [0.3, 0.4) is 0 Å². The highest BCUT2D eigenvalue weighted by Crippen LogP contribution is 2.30. The van der Waals surface area contributed by atoms with Crippen molar-refractivity contribution in [3.05, 3.63) is 41.5 Å². The minimum Gasteiger partial charge on any atom is -0.480 e. The second kappa shape index (κ2) is 7.20. The van der Waals surface area contributed by atoms with Crippen LogP contribution in [0.25, 0.3) is 6.08 Å². The maximum atomic E-state index is 11.4. The average Bonchev–Trinajstić information content (AvgIpc) is 3.02. The van der Waals surface area contributed by atoms with Gasteiger partial charge in [-0.2, -0.15) is 0 Å². The second-order valence-corrected chi connectivity index (χ2v) is 5.50. The summed E-state index contributed by atoms with van der Waals surface area (Å²) >= 11 is 0. The van der Waals surface area contributed by atoms with Crippen molar-refractivity contribution in [1.82, 2.24) is 10.8 Å². The van der Waals surface area contributed by atoms with Crippen LogP contribution in [0.5, 0.6) is 0 Å². The largest absolute Gasteiger partial charge is 0.480 e. The van der Waals surface area contributed by atoms with Gasteiger partial charge in [0.2, 0.25) is 0 Å². The smallest absolute Gasteiger partial charge is 0.323 e. The van der Waals surface area contributed by atoms with Gasteiger partial charge in [0.25, 0.3) is 5.91 Å².